The smallest absolute Gasteiger partial charge is 0.369 e. The van der Waals surface area contributed by atoms with E-state index in [9.17, 15) is 18.0 Å². The number of amides is 1. The van der Waals surface area contributed by atoms with Gasteiger partial charge in [-0.25, -0.2) is 0 Å². The number of halogens is 3. The summed E-state index contributed by atoms with van der Waals surface area (Å²) in [6.45, 7) is 10.7. The lowest BCUT2D eigenvalue weighted by Crippen LogP contribution is -2.54. The molecule has 0 N–H and O–H groups in total. The summed E-state index contributed by atoms with van der Waals surface area (Å²) >= 11 is 0. The molecular formula is C20H29F3N4O. The predicted octanol–water partition coefficient (Wildman–Crippen LogP) is 2.38. The van der Waals surface area contributed by atoms with Gasteiger partial charge in [-0.2, -0.15) is 13.2 Å². The minimum atomic E-state index is -4.33. The molecule has 8 heteroatoms. The van der Waals surface area contributed by atoms with E-state index in [0.717, 1.165) is 32.2 Å². The molecule has 1 amide bonds. The van der Waals surface area contributed by atoms with Crippen molar-refractivity contribution in [1.29, 1.82) is 0 Å². The predicted molar refractivity (Wildman–Crippen MR) is 103 cm³/mol. The number of rotatable bonds is 4. The number of hydrogen-bond donors (Lipinski definition) is 0. The molecule has 3 rings (SSSR count). The van der Waals surface area contributed by atoms with Gasteiger partial charge in [-0.1, -0.05) is 6.07 Å². The Morgan fingerprint density at radius 3 is 2.21 bits per heavy atom. The third-order valence-corrected chi connectivity index (χ3v) is 5.67. The van der Waals surface area contributed by atoms with Gasteiger partial charge < -0.3 is 9.80 Å². The molecule has 0 unspecified atom stereocenters. The molecule has 0 saturated carbocycles. The van der Waals surface area contributed by atoms with Gasteiger partial charge in [0.2, 0.25) is 5.91 Å². The van der Waals surface area contributed by atoms with E-state index in [1.54, 1.807) is 6.07 Å². The Morgan fingerprint density at radius 1 is 1.00 bits per heavy atom. The average molecular weight is 398 g/mol. The first kappa shape index (κ1) is 20.9. The van der Waals surface area contributed by atoms with E-state index in [1.165, 1.54) is 12.1 Å². The maximum absolute atomic E-state index is 12.9. The maximum atomic E-state index is 12.9. The molecule has 0 atom stereocenters. The highest BCUT2D eigenvalue weighted by Gasteiger charge is 2.31. The Balaban J connectivity index is 1.48. The van der Waals surface area contributed by atoms with Crippen molar-refractivity contribution in [3.63, 3.8) is 0 Å². The molecular weight excluding hydrogens is 369 g/mol. The van der Waals surface area contributed by atoms with Gasteiger partial charge in [0.05, 0.1) is 12.1 Å². The van der Waals surface area contributed by atoms with Crippen LogP contribution in [0.1, 0.15) is 19.4 Å². The molecule has 5 nitrogen and oxygen atoms in total. The molecule has 2 heterocycles. The zero-order valence-electron chi connectivity index (χ0n) is 16.6. The van der Waals surface area contributed by atoms with E-state index in [0.29, 0.717) is 44.5 Å². The zero-order chi connectivity index (χ0) is 20.3. The van der Waals surface area contributed by atoms with Crippen LogP contribution in [-0.2, 0) is 11.0 Å². The van der Waals surface area contributed by atoms with Gasteiger partial charge in [0.25, 0.3) is 0 Å². The molecule has 2 aliphatic heterocycles. The third-order valence-electron chi connectivity index (χ3n) is 5.67. The molecule has 2 saturated heterocycles. The van der Waals surface area contributed by atoms with E-state index in [4.69, 9.17) is 0 Å². The van der Waals surface area contributed by atoms with Crippen molar-refractivity contribution >= 4 is 11.6 Å². The molecule has 0 spiro atoms. The fourth-order valence-electron chi connectivity index (χ4n) is 3.82. The molecule has 2 fully saturated rings. The fourth-order valence-corrected chi connectivity index (χ4v) is 3.82. The van der Waals surface area contributed by atoms with E-state index in [1.807, 2.05) is 9.80 Å². The Kier molecular flexibility index (Phi) is 6.50. The van der Waals surface area contributed by atoms with E-state index in [-0.39, 0.29) is 5.91 Å². The van der Waals surface area contributed by atoms with E-state index >= 15 is 0 Å². The van der Waals surface area contributed by atoms with Gasteiger partial charge in [-0.3, -0.25) is 14.6 Å². The molecule has 0 radical (unpaired) electrons. The van der Waals surface area contributed by atoms with Crippen molar-refractivity contribution in [2.75, 3.05) is 63.8 Å². The van der Waals surface area contributed by atoms with Gasteiger partial charge in [-0.15, -0.1) is 0 Å². The molecule has 156 valence electrons. The molecule has 1 aromatic carbocycles. The summed E-state index contributed by atoms with van der Waals surface area (Å²) < 4.78 is 38.7. The topological polar surface area (TPSA) is 30.0 Å². The van der Waals surface area contributed by atoms with Crippen LogP contribution in [0, 0.1) is 0 Å². The standard InChI is InChI=1S/C20H29F3N4O/c1-16(2)25-10-12-27(13-11-25)19(28)15-24-6-8-26(9-7-24)18-5-3-4-17(14-18)20(21,22)23/h3-5,14,16H,6-13,15H2,1-2H3. The number of carbonyl (C=O) groups excluding carboxylic acids is 1. The van der Waals surface area contributed by atoms with Crippen molar-refractivity contribution in [2.24, 2.45) is 0 Å². The monoisotopic (exact) mass is 398 g/mol. The lowest BCUT2D eigenvalue weighted by Gasteiger charge is -2.39. The van der Waals surface area contributed by atoms with Crippen molar-refractivity contribution in [3.05, 3.63) is 29.8 Å². The van der Waals surface area contributed by atoms with Gasteiger partial charge in [-0.05, 0) is 32.0 Å². The van der Waals surface area contributed by atoms with Crippen molar-refractivity contribution in [2.45, 2.75) is 26.1 Å². The number of anilines is 1. The largest absolute Gasteiger partial charge is 0.416 e. The minimum absolute atomic E-state index is 0.149. The highest BCUT2D eigenvalue weighted by Crippen LogP contribution is 2.31. The number of hydrogen-bond acceptors (Lipinski definition) is 4. The number of piperazine rings is 2. The number of alkyl halides is 3. The van der Waals surface area contributed by atoms with Crippen LogP contribution in [0.25, 0.3) is 0 Å². The molecule has 0 bridgehead atoms. The highest BCUT2D eigenvalue weighted by atomic mass is 19.4. The molecule has 2 aliphatic rings. The van der Waals surface area contributed by atoms with Gasteiger partial charge in [0.1, 0.15) is 0 Å². The highest BCUT2D eigenvalue weighted by molar-refractivity contribution is 5.78. The van der Waals surface area contributed by atoms with Crippen LogP contribution in [-0.4, -0.2) is 85.6 Å². The van der Waals surface area contributed by atoms with Crippen molar-refractivity contribution < 1.29 is 18.0 Å². The second-order valence-electron chi connectivity index (χ2n) is 7.82. The molecule has 1 aromatic rings. The quantitative estimate of drug-likeness (QED) is 0.779. The zero-order valence-corrected chi connectivity index (χ0v) is 16.6. The number of nitrogens with zero attached hydrogens (tertiary/aromatic N) is 4. The first-order valence-corrected chi connectivity index (χ1v) is 9.90. The Morgan fingerprint density at radius 2 is 1.64 bits per heavy atom. The second-order valence-corrected chi connectivity index (χ2v) is 7.82. The average Bonchev–Trinajstić information content (AvgIpc) is 2.68. The third kappa shape index (κ3) is 5.17. The van der Waals surface area contributed by atoms with Crippen LogP contribution in [0.4, 0.5) is 18.9 Å². The van der Waals surface area contributed by atoms with Crippen molar-refractivity contribution in [3.8, 4) is 0 Å². The van der Waals surface area contributed by atoms with Crippen LogP contribution in [0.15, 0.2) is 24.3 Å². The summed E-state index contributed by atoms with van der Waals surface area (Å²) in [5, 5.41) is 0. The summed E-state index contributed by atoms with van der Waals surface area (Å²) in [6.07, 6.45) is -4.33. The molecule has 0 aliphatic carbocycles. The summed E-state index contributed by atoms with van der Waals surface area (Å²) in [5.74, 6) is 0.149. The second kappa shape index (κ2) is 8.69. The Labute approximate surface area is 164 Å². The number of carbonyl (C=O) groups is 1. The van der Waals surface area contributed by atoms with Crippen LogP contribution >= 0.6 is 0 Å². The van der Waals surface area contributed by atoms with Crippen LogP contribution in [0.5, 0.6) is 0 Å². The molecule has 0 aromatic heterocycles. The summed E-state index contributed by atoms with van der Waals surface area (Å²) in [5.41, 5.74) is -0.0336. The van der Waals surface area contributed by atoms with E-state index < -0.39 is 11.7 Å². The summed E-state index contributed by atoms with van der Waals surface area (Å²) in [7, 11) is 0. The van der Waals surface area contributed by atoms with Gasteiger partial charge in [0, 0.05) is 64.1 Å². The van der Waals surface area contributed by atoms with Gasteiger partial charge >= 0.3 is 6.18 Å². The summed E-state index contributed by atoms with van der Waals surface area (Å²) in [6, 6.07) is 5.96. The summed E-state index contributed by atoms with van der Waals surface area (Å²) in [4.78, 5) is 20.9. The van der Waals surface area contributed by atoms with E-state index in [2.05, 4.69) is 23.6 Å². The van der Waals surface area contributed by atoms with Gasteiger partial charge in [0.15, 0.2) is 0 Å². The first-order valence-electron chi connectivity index (χ1n) is 9.90. The Bertz CT molecular complexity index is 664. The molecule has 28 heavy (non-hydrogen) atoms. The van der Waals surface area contributed by atoms with Crippen LogP contribution < -0.4 is 4.90 Å². The van der Waals surface area contributed by atoms with Crippen molar-refractivity contribution in [1.82, 2.24) is 14.7 Å². The minimum Gasteiger partial charge on any atom is -0.369 e. The maximum Gasteiger partial charge on any atom is 0.416 e. The lowest BCUT2D eigenvalue weighted by atomic mass is 10.1. The lowest BCUT2D eigenvalue weighted by molar-refractivity contribution is -0.137. The number of benzene rings is 1. The normalized spacial score (nSPS) is 20.1. The Hall–Kier alpha value is -1.80. The SMILES string of the molecule is CC(C)N1CCN(C(=O)CN2CCN(c3cccc(C(F)(F)F)c3)CC2)CC1. The van der Waals surface area contributed by atoms with Crippen LogP contribution in [0.3, 0.4) is 0 Å². The first-order chi connectivity index (χ1) is 13.2. The van der Waals surface area contributed by atoms with Crippen LogP contribution in [0.2, 0.25) is 0 Å². The fraction of sp³-hybridized carbons (Fsp3) is 0.650.